The molecular formula is C27H46N2O4S. The summed E-state index contributed by atoms with van der Waals surface area (Å²) in [6, 6.07) is 7.08. The van der Waals surface area contributed by atoms with Gasteiger partial charge >= 0.3 is 0 Å². The van der Waals surface area contributed by atoms with Gasteiger partial charge in [-0.2, -0.15) is 4.31 Å². The molecule has 6 nitrogen and oxygen atoms in total. The maximum absolute atomic E-state index is 12.2. The van der Waals surface area contributed by atoms with E-state index < -0.39 is 15.6 Å². The summed E-state index contributed by atoms with van der Waals surface area (Å²) in [4.78, 5) is 14.3. The molecule has 2 saturated heterocycles. The minimum absolute atomic E-state index is 0.308. The predicted octanol–water partition coefficient (Wildman–Crippen LogP) is 5.14. The highest BCUT2D eigenvalue weighted by molar-refractivity contribution is 7.89. The van der Waals surface area contributed by atoms with Gasteiger partial charge in [-0.1, -0.05) is 44.9 Å². The van der Waals surface area contributed by atoms with Crippen LogP contribution in [0.15, 0.2) is 29.2 Å². The third-order valence-corrected chi connectivity index (χ3v) is 8.97. The molecule has 2 aliphatic heterocycles. The van der Waals surface area contributed by atoms with Gasteiger partial charge in [0.05, 0.1) is 10.5 Å². The molecule has 34 heavy (non-hydrogen) atoms. The van der Waals surface area contributed by atoms with Crippen LogP contribution in [0.1, 0.15) is 90.5 Å². The molecule has 194 valence electrons. The number of rotatable bonds is 5. The number of aryl methyl sites for hydroxylation is 1. The van der Waals surface area contributed by atoms with Gasteiger partial charge in [0.1, 0.15) is 0 Å². The number of amides is 1. The lowest BCUT2D eigenvalue weighted by molar-refractivity contribution is -0.131. The molecule has 0 bridgehead atoms. The molecule has 0 spiro atoms. The molecule has 1 unspecified atom stereocenters. The van der Waals surface area contributed by atoms with Crippen LogP contribution in [-0.4, -0.2) is 60.4 Å². The number of nitrogens with zero attached hydrogens (tertiary/aromatic N) is 2. The highest BCUT2D eigenvalue weighted by Crippen LogP contribution is 2.33. The van der Waals surface area contributed by atoms with Crippen LogP contribution < -0.4 is 0 Å². The number of carbonyl (C=O) groups excluding carboxylic acids is 1. The Morgan fingerprint density at radius 3 is 2.15 bits per heavy atom. The van der Waals surface area contributed by atoms with E-state index in [1.54, 1.807) is 16.4 Å². The number of sulfonamides is 1. The monoisotopic (exact) mass is 494 g/mol. The van der Waals surface area contributed by atoms with Crippen LogP contribution in [0.4, 0.5) is 0 Å². The molecule has 7 heteroatoms. The Balaban J connectivity index is 0.000000224. The van der Waals surface area contributed by atoms with Crippen LogP contribution in [0.3, 0.4) is 0 Å². The standard InChI is InChI=1S/C13H23NO2.C12H17NO2S.C2H6/c1-2-13(16)6-3-8-14(9-7-13)12(15)10-11-4-5-11;1-11-5-7-12(8-6-11)16(14,15)13-9-3-2-4-10-13;1-2/h11,16H,2-10H2,1H3;5-8H,2-4,9-10H2,1H3;1-2H3. The Hall–Kier alpha value is -1.44. The van der Waals surface area contributed by atoms with E-state index >= 15 is 0 Å². The summed E-state index contributed by atoms with van der Waals surface area (Å²) in [5, 5.41) is 10.2. The zero-order valence-corrected chi connectivity index (χ0v) is 22.6. The number of carbonyl (C=O) groups is 1. The fourth-order valence-electron chi connectivity index (χ4n) is 4.44. The van der Waals surface area contributed by atoms with E-state index in [1.807, 2.05) is 44.7 Å². The molecule has 1 N–H and O–H groups in total. The Bertz CT molecular complexity index is 846. The molecule has 1 aromatic rings. The van der Waals surface area contributed by atoms with E-state index in [4.69, 9.17) is 0 Å². The first-order chi connectivity index (χ1) is 16.2. The molecule has 1 amide bonds. The number of hydrogen-bond acceptors (Lipinski definition) is 4. The molecule has 3 fully saturated rings. The van der Waals surface area contributed by atoms with Crippen molar-refractivity contribution in [1.82, 2.24) is 9.21 Å². The first-order valence-electron chi connectivity index (χ1n) is 13.3. The van der Waals surface area contributed by atoms with E-state index in [1.165, 1.54) is 12.8 Å². The zero-order chi connectivity index (χ0) is 25.2. The Kier molecular flexibility index (Phi) is 11.5. The number of hydrogen-bond donors (Lipinski definition) is 1. The maximum Gasteiger partial charge on any atom is 0.243 e. The molecule has 1 aromatic carbocycles. The van der Waals surface area contributed by atoms with Crippen molar-refractivity contribution in [1.29, 1.82) is 0 Å². The van der Waals surface area contributed by atoms with Gasteiger partial charge < -0.3 is 10.0 Å². The van der Waals surface area contributed by atoms with Crippen molar-refractivity contribution in [3.63, 3.8) is 0 Å². The minimum atomic E-state index is -3.25. The second-order valence-corrected chi connectivity index (χ2v) is 11.7. The lowest BCUT2D eigenvalue weighted by Gasteiger charge is -2.25. The third-order valence-electron chi connectivity index (χ3n) is 7.06. The Labute approximate surface area is 207 Å². The maximum atomic E-state index is 12.2. The molecule has 3 aliphatic rings. The highest BCUT2D eigenvalue weighted by atomic mass is 32.2. The number of aliphatic hydroxyl groups is 1. The van der Waals surface area contributed by atoms with Crippen LogP contribution in [0.5, 0.6) is 0 Å². The van der Waals surface area contributed by atoms with Crippen molar-refractivity contribution in [2.24, 2.45) is 5.92 Å². The van der Waals surface area contributed by atoms with Crippen molar-refractivity contribution in [3.8, 4) is 0 Å². The summed E-state index contributed by atoms with van der Waals surface area (Å²) in [6.07, 6.45) is 9.65. The van der Waals surface area contributed by atoms with Gasteiger partial charge in [0.25, 0.3) is 0 Å². The fraction of sp³-hybridized carbons (Fsp3) is 0.741. The fourth-order valence-corrected chi connectivity index (χ4v) is 5.96. The topological polar surface area (TPSA) is 77.9 Å². The smallest absolute Gasteiger partial charge is 0.243 e. The average Bonchev–Trinajstić information content (AvgIpc) is 3.69. The van der Waals surface area contributed by atoms with E-state index in [2.05, 4.69) is 0 Å². The largest absolute Gasteiger partial charge is 0.390 e. The van der Waals surface area contributed by atoms with Gasteiger partial charge in [-0.15, -0.1) is 0 Å². The van der Waals surface area contributed by atoms with Crippen molar-refractivity contribution in [2.45, 2.75) is 102 Å². The number of piperidine rings is 1. The van der Waals surface area contributed by atoms with Gasteiger partial charge in [0.2, 0.25) is 15.9 Å². The lowest BCUT2D eigenvalue weighted by Crippen LogP contribution is -2.35. The van der Waals surface area contributed by atoms with E-state index in [0.29, 0.717) is 29.8 Å². The number of likely N-dealkylation sites (tertiary alicyclic amines) is 1. The normalized spacial score (nSPS) is 23.6. The van der Waals surface area contributed by atoms with Gasteiger partial charge in [-0.05, 0) is 76.3 Å². The molecule has 0 radical (unpaired) electrons. The Morgan fingerprint density at radius 1 is 0.971 bits per heavy atom. The van der Waals surface area contributed by atoms with Gasteiger partial charge in [0, 0.05) is 32.6 Å². The summed E-state index contributed by atoms with van der Waals surface area (Å²) in [7, 11) is -3.25. The number of benzene rings is 1. The molecule has 0 aromatic heterocycles. The van der Waals surface area contributed by atoms with Crippen LogP contribution in [0, 0.1) is 12.8 Å². The molecule has 4 rings (SSSR count). The summed E-state index contributed by atoms with van der Waals surface area (Å²) < 4.78 is 26.0. The predicted molar refractivity (Wildman–Crippen MR) is 138 cm³/mol. The first-order valence-corrected chi connectivity index (χ1v) is 14.7. The molecule has 1 atom stereocenters. The summed E-state index contributed by atoms with van der Waals surface area (Å²) >= 11 is 0. The van der Waals surface area contributed by atoms with Crippen LogP contribution in [0.2, 0.25) is 0 Å². The summed E-state index contributed by atoms with van der Waals surface area (Å²) in [5.74, 6) is 0.976. The summed E-state index contributed by atoms with van der Waals surface area (Å²) in [6.45, 7) is 10.9. The van der Waals surface area contributed by atoms with Crippen molar-refractivity contribution < 1.29 is 18.3 Å². The molecular weight excluding hydrogens is 448 g/mol. The van der Waals surface area contributed by atoms with Crippen molar-refractivity contribution in [2.75, 3.05) is 26.2 Å². The molecule has 1 aliphatic carbocycles. The van der Waals surface area contributed by atoms with Gasteiger partial charge in [-0.3, -0.25) is 4.79 Å². The minimum Gasteiger partial charge on any atom is -0.390 e. The Morgan fingerprint density at radius 2 is 1.59 bits per heavy atom. The molecule has 2 heterocycles. The van der Waals surface area contributed by atoms with E-state index in [-0.39, 0.29) is 0 Å². The zero-order valence-electron chi connectivity index (χ0n) is 21.8. The average molecular weight is 495 g/mol. The molecule has 1 saturated carbocycles. The van der Waals surface area contributed by atoms with Gasteiger partial charge in [0.15, 0.2) is 0 Å². The van der Waals surface area contributed by atoms with Crippen LogP contribution >= 0.6 is 0 Å². The quantitative estimate of drug-likeness (QED) is 0.615. The second kappa shape index (κ2) is 13.6. The van der Waals surface area contributed by atoms with Gasteiger partial charge in [-0.25, -0.2) is 8.42 Å². The first kappa shape index (κ1) is 28.8. The van der Waals surface area contributed by atoms with E-state index in [9.17, 15) is 18.3 Å². The van der Waals surface area contributed by atoms with Crippen LogP contribution in [0.25, 0.3) is 0 Å². The van der Waals surface area contributed by atoms with Crippen LogP contribution in [-0.2, 0) is 14.8 Å². The van der Waals surface area contributed by atoms with Crippen molar-refractivity contribution in [3.05, 3.63) is 29.8 Å². The SMILES string of the molecule is CC.CCC1(O)CCCN(C(=O)CC2CC2)CC1.Cc1ccc(S(=O)(=O)N2CCCCC2)cc1. The summed E-state index contributed by atoms with van der Waals surface area (Å²) in [5.41, 5.74) is 0.562. The van der Waals surface area contributed by atoms with E-state index in [0.717, 1.165) is 70.0 Å². The third kappa shape index (κ3) is 8.65. The van der Waals surface area contributed by atoms with Crippen molar-refractivity contribution >= 4 is 15.9 Å². The lowest BCUT2D eigenvalue weighted by atomic mass is 9.92. The second-order valence-electron chi connectivity index (χ2n) is 9.74. The highest BCUT2D eigenvalue weighted by Gasteiger charge is 2.32.